The molecule has 3 fully saturated rings. The van der Waals surface area contributed by atoms with Gasteiger partial charge in [-0.25, -0.2) is 4.90 Å². The number of benzene rings is 1. The molecule has 6 unspecified atom stereocenters. The molecule has 3 aliphatic rings. The average Bonchev–Trinajstić information content (AvgIpc) is 3.10. The number of anilines is 1. The highest BCUT2D eigenvalue weighted by Gasteiger charge is 2.69. The van der Waals surface area contributed by atoms with Gasteiger partial charge in [0.25, 0.3) is 0 Å². The molecule has 0 spiro atoms. The van der Waals surface area contributed by atoms with Crippen LogP contribution in [0.4, 0.5) is 5.69 Å². The number of rotatable bonds is 2. The lowest BCUT2D eigenvalue weighted by molar-refractivity contribution is -0.125. The van der Waals surface area contributed by atoms with Crippen molar-refractivity contribution < 1.29 is 24.2 Å². The summed E-state index contributed by atoms with van der Waals surface area (Å²) < 4.78 is 10.9. The van der Waals surface area contributed by atoms with Crippen LogP contribution in [-0.4, -0.2) is 48.4 Å². The third kappa shape index (κ3) is 1.52. The van der Waals surface area contributed by atoms with Gasteiger partial charge in [0.05, 0.1) is 29.7 Å². The zero-order valence-electron chi connectivity index (χ0n) is 11.4. The number of amides is 2. The van der Waals surface area contributed by atoms with E-state index < -0.39 is 36.3 Å². The number of carbonyl (C=O) groups excluding carboxylic acids is 2. The minimum absolute atomic E-state index is 0.266. The number of hydrogen-bond acceptors (Lipinski definition) is 5. The molecule has 3 heterocycles. The van der Waals surface area contributed by atoms with Crippen LogP contribution in [0.2, 0.25) is 0 Å². The quantitative estimate of drug-likeness (QED) is 0.773. The van der Waals surface area contributed by atoms with Crippen LogP contribution < -0.4 is 4.90 Å². The Morgan fingerprint density at radius 1 is 1.10 bits per heavy atom. The minimum atomic E-state index is -0.867. The first kappa shape index (κ1) is 12.9. The van der Waals surface area contributed by atoms with Gasteiger partial charge in [-0.15, -0.1) is 0 Å². The molecule has 1 aromatic carbocycles. The van der Waals surface area contributed by atoms with E-state index in [0.717, 1.165) is 0 Å². The molecule has 0 aromatic heterocycles. The Balaban J connectivity index is 1.73. The summed E-state index contributed by atoms with van der Waals surface area (Å²) in [6.45, 7) is 0. The van der Waals surface area contributed by atoms with Gasteiger partial charge in [0.15, 0.2) is 0 Å². The zero-order chi connectivity index (χ0) is 14.7. The van der Waals surface area contributed by atoms with Gasteiger partial charge in [-0.1, -0.05) is 18.2 Å². The molecule has 0 aliphatic carbocycles. The van der Waals surface area contributed by atoms with Crippen LogP contribution in [-0.2, 0) is 19.1 Å². The lowest BCUT2D eigenvalue weighted by atomic mass is 9.78. The summed E-state index contributed by atoms with van der Waals surface area (Å²) in [7, 11) is 1.48. The number of imide groups is 1. The van der Waals surface area contributed by atoms with Crippen LogP contribution in [0, 0.1) is 11.8 Å². The molecular weight excluding hydrogens is 274 g/mol. The first-order valence-electron chi connectivity index (χ1n) is 6.94. The van der Waals surface area contributed by atoms with Gasteiger partial charge in [0.2, 0.25) is 11.8 Å². The van der Waals surface area contributed by atoms with Crippen LogP contribution in [0.5, 0.6) is 0 Å². The monoisotopic (exact) mass is 289 g/mol. The number of aliphatic hydroxyl groups excluding tert-OH is 1. The van der Waals surface area contributed by atoms with Crippen LogP contribution in [0.15, 0.2) is 30.3 Å². The summed E-state index contributed by atoms with van der Waals surface area (Å²) in [5.74, 6) is -1.73. The second kappa shape index (κ2) is 4.37. The molecule has 110 valence electrons. The predicted octanol–water partition coefficient (Wildman–Crippen LogP) is -0.0509. The van der Waals surface area contributed by atoms with E-state index in [1.807, 2.05) is 6.07 Å². The normalized spacial score (nSPS) is 41.0. The Labute approximate surface area is 121 Å². The summed E-state index contributed by atoms with van der Waals surface area (Å²) >= 11 is 0. The van der Waals surface area contributed by atoms with Crippen molar-refractivity contribution in [2.45, 2.75) is 24.4 Å². The molecule has 1 N–H and O–H groups in total. The maximum absolute atomic E-state index is 12.6. The first-order valence-corrected chi connectivity index (χ1v) is 6.94. The summed E-state index contributed by atoms with van der Waals surface area (Å²) in [4.78, 5) is 26.5. The molecule has 3 saturated heterocycles. The molecule has 3 aliphatic heterocycles. The Morgan fingerprint density at radius 2 is 1.71 bits per heavy atom. The SMILES string of the molecule is COC1C(O)C2OC1C1C(=O)N(c3ccccc3)C(=O)C21. The van der Waals surface area contributed by atoms with Crippen molar-refractivity contribution in [1.82, 2.24) is 0 Å². The van der Waals surface area contributed by atoms with Gasteiger partial charge >= 0.3 is 0 Å². The number of aliphatic hydroxyl groups is 1. The molecule has 0 saturated carbocycles. The molecule has 2 bridgehead atoms. The van der Waals surface area contributed by atoms with Crippen LogP contribution in [0.3, 0.4) is 0 Å². The number of hydrogen-bond donors (Lipinski definition) is 1. The largest absolute Gasteiger partial charge is 0.388 e. The third-order valence-electron chi connectivity index (χ3n) is 4.70. The lowest BCUT2D eigenvalue weighted by Gasteiger charge is -2.27. The summed E-state index contributed by atoms with van der Waals surface area (Å²) in [5, 5.41) is 10.2. The molecule has 21 heavy (non-hydrogen) atoms. The van der Waals surface area contributed by atoms with Crippen LogP contribution >= 0.6 is 0 Å². The van der Waals surface area contributed by atoms with E-state index in [9.17, 15) is 14.7 Å². The lowest BCUT2D eigenvalue weighted by Crippen LogP contribution is -2.48. The average molecular weight is 289 g/mol. The van der Waals surface area contributed by atoms with Crippen molar-refractivity contribution in [3.8, 4) is 0 Å². The highest BCUT2D eigenvalue weighted by Crippen LogP contribution is 2.50. The van der Waals surface area contributed by atoms with Gasteiger partial charge < -0.3 is 14.6 Å². The van der Waals surface area contributed by atoms with E-state index in [-0.39, 0.29) is 11.8 Å². The number of carbonyl (C=O) groups is 2. The number of fused-ring (bicyclic) bond motifs is 5. The minimum Gasteiger partial charge on any atom is -0.388 e. The van der Waals surface area contributed by atoms with E-state index in [2.05, 4.69) is 0 Å². The highest BCUT2D eigenvalue weighted by molar-refractivity contribution is 6.22. The van der Waals surface area contributed by atoms with Crippen molar-refractivity contribution in [2.24, 2.45) is 11.8 Å². The molecule has 6 nitrogen and oxygen atoms in total. The summed E-state index contributed by atoms with van der Waals surface area (Å²) in [6.07, 6.45) is -2.63. The summed E-state index contributed by atoms with van der Waals surface area (Å²) in [5.41, 5.74) is 0.560. The first-order chi connectivity index (χ1) is 10.1. The Kier molecular flexibility index (Phi) is 2.69. The van der Waals surface area contributed by atoms with Crippen molar-refractivity contribution in [3.05, 3.63) is 30.3 Å². The fourth-order valence-electron chi connectivity index (χ4n) is 3.82. The van der Waals surface area contributed by atoms with E-state index in [4.69, 9.17) is 9.47 Å². The Hall–Kier alpha value is -1.76. The zero-order valence-corrected chi connectivity index (χ0v) is 11.4. The van der Waals surface area contributed by atoms with Crippen molar-refractivity contribution >= 4 is 17.5 Å². The number of nitrogens with zero attached hydrogens (tertiary/aromatic N) is 1. The second-order valence-corrected chi connectivity index (χ2v) is 5.66. The Bertz CT molecular complexity index is 603. The van der Waals surface area contributed by atoms with E-state index in [0.29, 0.717) is 5.69 Å². The molecule has 0 radical (unpaired) electrons. The van der Waals surface area contributed by atoms with Gasteiger partial charge in [-0.2, -0.15) is 0 Å². The van der Waals surface area contributed by atoms with Crippen molar-refractivity contribution in [3.63, 3.8) is 0 Å². The van der Waals surface area contributed by atoms with Gasteiger partial charge in [0, 0.05) is 7.11 Å². The topological polar surface area (TPSA) is 76.1 Å². The highest BCUT2D eigenvalue weighted by atomic mass is 16.6. The van der Waals surface area contributed by atoms with Gasteiger partial charge in [-0.3, -0.25) is 9.59 Å². The van der Waals surface area contributed by atoms with Gasteiger partial charge in [-0.05, 0) is 12.1 Å². The standard InChI is InChI=1S/C15H15NO5/c1-20-13-10(17)11-8-9(12(13)21-11)15(19)16(14(8)18)7-5-3-2-4-6-7/h2-6,8-13,17H,1H3. The van der Waals surface area contributed by atoms with Crippen molar-refractivity contribution in [1.29, 1.82) is 0 Å². The molecule has 6 heteroatoms. The smallest absolute Gasteiger partial charge is 0.240 e. The predicted molar refractivity (Wildman–Crippen MR) is 71.4 cm³/mol. The molecule has 6 atom stereocenters. The van der Waals surface area contributed by atoms with Crippen molar-refractivity contribution in [2.75, 3.05) is 12.0 Å². The molecule has 2 amide bonds. The van der Waals surface area contributed by atoms with E-state index in [1.54, 1.807) is 24.3 Å². The number of methoxy groups -OCH3 is 1. The summed E-state index contributed by atoms with van der Waals surface area (Å²) in [6, 6.07) is 8.84. The fraction of sp³-hybridized carbons (Fsp3) is 0.467. The molecule has 1 aromatic rings. The van der Waals surface area contributed by atoms with E-state index in [1.165, 1.54) is 12.0 Å². The van der Waals surface area contributed by atoms with Crippen LogP contribution in [0.25, 0.3) is 0 Å². The second-order valence-electron chi connectivity index (χ2n) is 5.66. The Morgan fingerprint density at radius 3 is 2.33 bits per heavy atom. The number of para-hydroxylation sites is 1. The van der Waals surface area contributed by atoms with Crippen LogP contribution in [0.1, 0.15) is 0 Å². The molecule has 4 rings (SSSR count). The number of ether oxygens (including phenoxy) is 2. The fourth-order valence-corrected chi connectivity index (χ4v) is 3.82. The third-order valence-corrected chi connectivity index (χ3v) is 4.70. The maximum Gasteiger partial charge on any atom is 0.240 e. The van der Waals surface area contributed by atoms with E-state index >= 15 is 0 Å². The van der Waals surface area contributed by atoms with Gasteiger partial charge in [0.1, 0.15) is 12.2 Å². The molecular formula is C15H15NO5. The maximum atomic E-state index is 12.6.